The summed E-state index contributed by atoms with van der Waals surface area (Å²) in [5.41, 5.74) is 8.09. The summed E-state index contributed by atoms with van der Waals surface area (Å²) in [6.07, 6.45) is 2.97. The number of ether oxygens (including phenoxy) is 1. The highest BCUT2D eigenvalue weighted by Gasteiger charge is 2.17. The fourth-order valence-corrected chi connectivity index (χ4v) is 2.75. The van der Waals surface area contributed by atoms with Crippen molar-refractivity contribution in [3.05, 3.63) is 41.3 Å². The van der Waals surface area contributed by atoms with Crippen LogP contribution in [0.25, 0.3) is 11.1 Å². The van der Waals surface area contributed by atoms with Crippen molar-refractivity contribution in [2.45, 2.75) is 6.92 Å². The van der Waals surface area contributed by atoms with E-state index in [4.69, 9.17) is 15.7 Å². The Bertz CT molecular complexity index is 1030. The molecular formula is C16H13N7O2S. The Balaban J connectivity index is 2.00. The lowest BCUT2D eigenvalue weighted by atomic mass is 10.0. The van der Waals surface area contributed by atoms with Gasteiger partial charge in [0.05, 0.1) is 18.2 Å². The van der Waals surface area contributed by atoms with Gasteiger partial charge in [-0.05, 0) is 36.0 Å². The van der Waals surface area contributed by atoms with Gasteiger partial charge in [0.1, 0.15) is 11.9 Å². The van der Waals surface area contributed by atoms with Crippen LogP contribution in [0.1, 0.15) is 21.6 Å². The molecule has 3 heterocycles. The molecule has 3 aromatic rings. The Kier molecular flexibility index (Phi) is 4.72. The number of amides is 1. The Morgan fingerprint density at radius 1 is 1.31 bits per heavy atom. The Labute approximate surface area is 152 Å². The van der Waals surface area contributed by atoms with E-state index in [1.165, 1.54) is 19.5 Å². The van der Waals surface area contributed by atoms with E-state index in [2.05, 4.69) is 25.5 Å². The van der Waals surface area contributed by atoms with Crippen molar-refractivity contribution in [2.75, 3.05) is 18.2 Å². The number of nitriles is 1. The van der Waals surface area contributed by atoms with Crippen LogP contribution in [0.3, 0.4) is 0 Å². The molecule has 9 nitrogen and oxygen atoms in total. The average Bonchev–Trinajstić information content (AvgIpc) is 3.09. The molecule has 0 aliphatic heterocycles. The summed E-state index contributed by atoms with van der Waals surface area (Å²) >= 11 is 1.10. The molecule has 0 saturated carbocycles. The quantitative estimate of drug-likeness (QED) is 0.713. The van der Waals surface area contributed by atoms with Gasteiger partial charge in [-0.2, -0.15) is 5.26 Å². The van der Waals surface area contributed by atoms with E-state index in [1.54, 1.807) is 19.1 Å². The number of hydrogen-bond acceptors (Lipinski definition) is 9. The van der Waals surface area contributed by atoms with Crippen LogP contribution in [0.5, 0.6) is 5.19 Å². The zero-order valence-corrected chi connectivity index (χ0v) is 14.7. The van der Waals surface area contributed by atoms with Crippen LogP contribution < -0.4 is 15.8 Å². The minimum absolute atomic E-state index is 0.133. The Hall–Kier alpha value is -3.58. The average molecular weight is 367 g/mol. The highest BCUT2D eigenvalue weighted by atomic mass is 32.1. The summed E-state index contributed by atoms with van der Waals surface area (Å²) in [4.78, 5) is 20.9. The van der Waals surface area contributed by atoms with Crippen LogP contribution in [-0.4, -0.2) is 33.2 Å². The third-order valence-electron chi connectivity index (χ3n) is 3.44. The van der Waals surface area contributed by atoms with Gasteiger partial charge in [0.15, 0.2) is 0 Å². The Morgan fingerprint density at radius 2 is 2.12 bits per heavy atom. The van der Waals surface area contributed by atoms with Gasteiger partial charge in [-0.1, -0.05) is 5.10 Å². The molecule has 0 atom stereocenters. The van der Waals surface area contributed by atoms with Gasteiger partial charge >= 0.3 is 0 Å². The summed E-state index contributed by atoms with van der Waals surface area (Å²) in [5, 5.41) is 20.0. The number of nitrogen functional groups attached to an aromatic ring is 1. The predicted octanol–water partition coefficient (Wildman–Crippen LogP) is 2.02. The molecule has 0 radical (unpaired) electrons. The third kappa shape index (κ3) is 3.42. The number of hydrogen-bond donors (Lipinski definition) is 2. The predicted molar refractivity (Wildman–Crippen MR) is 95.7 cm³/mol. The fourth-order valence-electron chi connectivity index (χ4n) is 2.20. The highest BCUT2D eigenvalue weighted by Crippen LogP contribution is 2.27. The van der Waals surface area contributed by atoms with Crippen LogP contribution in [0, 0.1) is 18.3 Å². The number of methoxy groups -OCH3 is 1. The second kappa shape index (κ2) is 7.12. The summed E-state index contributed by atoms with van der Waals surface area (Å²) in [6.45, 7) is 1.80. The number of carbonyl (C=O) groups excluding carboxylic acids is 1. The number of aromatic nitrogens is 4. The number of nitrogens with two attached hydrogens (primary N) is 1. The van der Waals surface area contributed by atoms with Crippen molar-refractivity contribution in [1.82, 2.24) is 20.2 Å². The maximum atomic E-state index is 12.7. The van der Waals surface area contributed by atoms with Crippen molar-refractivity contribution in [3.8, 4) is 22.4 Å². The second-order valence-corrected chi connectivity index (χ2v) is 6.11. The molecular weight excluding hydrogens is 354 g/mol. The number of pyridine rings is 2. The van der Waals surface area contributed by atoms with Gasteiger partial charge in [0.25, 0.3) is 11.1 Å². The van der Waals surface area contributed by atoms with Gasteiger partial charge < -0.3 is 10.5 Å². The Morgan fingerprint density at radius 3 is 2.81 bits per heavy atom. The molecule has 3 aromatic heterocycles. The lowest BCUT2D eigenvalue weighted by Gasteiger charge is -2.10. The SMILES string of the molecule is COc1nnc(NC(=O)c2cnc(C)cc2-c2cnc(N)c(C#N)c2)s1. The number of anilines is 2. The van der Waals surface area contributed by atoms with E-state index in [0.717, 1.165) is 11.3 Å². The monoisotopic (exact) mass is 367 g/mol. The van der Waals surface area contributed by atoms with Gasteiger partial charge in [-0.25, -0.2) is 4.98 Å². The molecule has 0 aliphatic rings. The molecule has 0 saturated heterocycles. The van der Waals surface area contributed by atoms with E-state index < -0.39 is 5.91 Å². The third-order valence-corrected chi connectivity index (χ3v) is 4.24. The molecule has 0 fully saturated rings. The molecule has 10 heteroatoms. The van der Waals surface area contributed by atoms with E-state index in [9.17, 15) is 4.79 Å². The highest BCUT2D eigenvalue weighted by molar-refractivity contribution is 7.17. The van der Waals surface area contributed by atoms with Crippen LogP contribution >= 0.6 is 11.3 Å². The van der Waals surface area contributed by atoms with E-state index in [0.29, 0.717) is 32.7 Å². The summed E-state index contributed by atoms with van der Waals surface area (Å²) < 4.78 is 4.96. The van der Waals surface area contributed by atoms with Crippen LogP contribution in [-0.2, 0) is 0 Å². The minimum atomic E-state index is -0.415. The fraction of sp³-hybridized carbons (Fsp3) is 0.125. The lowest BCUT2D eigenvalue weighted by Crippen LogP contribution is -2.14. The first-order chi connectivity index (χ1) is 12.5. The molecule has 3 rings (SSSR count). The number of rotatable bonds is 4. The normalized spacial score (nSPS) is 10.2. The first-order valence-electron chi connectivity index (χ1n) is 7.33. The summed E-state index contributed by atoms with van der Waals surface area (Å²) in [6, 6.07) is 5.31. The van der Waals surface area contributed by atoms with Crippen LogP contribution in [0.15, 0.2) is 24.5 Å². The number of carbonyl (C=O) groups is 1. The maximum Gasteiger partial charge on any atom is 0.295 e. The van der Waals surface area contributed by atoms with Crippen molar-refractivity contribution in [3.63, 3.8) is 0 Å². The molecule has 130 valence electrons. The zero-order chi connectivity index (χ0) is 18.7. The van der Waals surface area contributed by atoms with Crippen molar-refractivity contribution in [1.29, 1.82) is 5.26 Å². The number of nitrogens with zero attached hydrogens (tertiary/aromatic N) is 5. The smallest absolute Gasteiger partial charge is 0.295 e. The van der Waals surface area contributed by atoms with Gasteiger partial charge in [-0.15, -0.1) is 5.10 Å². The van der Waals surface area contributed by atoms with E-state index >= 15 is 0 Å². The number of aryl methyl sites for hydroxylation is 1. The van der Waals surface area contributed by atoms with Gasteiger partial charge in [-0.3, -0.25) is 15.1 Å². The molecule has 26 heavy (non-hydrogen) atoms. The molecule has 0 aromatic carbocycles. The summed E-state index contributed by atoms with van der Waals surface area (Å²) in [5.74, 6) is -0.282. The standard InChI is InChI=1S/C16H13N7O2S/c1-8-3-11(10-4-9(5-17)13(18)20-6-10)12(7-19-8)14(24)21-15-22-23-16(25-2)26-15/h3-4,6-7H,1-2H3,(H2,18,20)(H,21,22,24). The molecule has 0 aliphatic carbocycles. The van der Waals surface area contributed by atoms with Crippen LogP contribution in [0.2, 0.25) is 0 Å². The topological polar surface area (TPSA) is 140 Å². The maximum absolute atomic E-state index is 12.7. The first-order valence-corrected chi connectivity index (χ1v) is 8.15. The van der Waals surface area contributed by atoms with Crippen molar-refractivity contribution < 1.29 is 9.53 Å². The lowest BCUT2D eigenvalue weighted by molar-refractivity contribution is 0.102. The second-order valence-electron chi connectivity index (χ2n) is 5.17. The molecule has 0 bridgehead atoms. The minimum Gasteiger partial charge on any atom is -0.472 e. The molecule has 0 spiro atoms. The largest absolute Gasteiger partial charge is 0.472 e. The zero-order valence-electron chi connectivity index (χ0n) is 13.8. The molecule has 0 unspecified atom stereocenters. The summed E-state index contributed by atoms with van der Waals surface area (Å²) in [7, 11) is 1.47. The van der Waals surface area contributed by atoms with E-state index in [-0.39, 0.29) is 11.4 Å². The number of nitrogens with one attached hydrogen (secondary N) is 1. The molecule has 3 N–H and O–H groups in total. The van der Waals surface area contributed by atoms with Crippen LogP contribution in [0.4, 0.5) is 10.9 Å². The molecule has 1 amide bonds. The first kappa shape index (κ1) is 17.2. The van der Waals surface area contributed by atoms with Crippen molar-refractivity contribution in [2.24, 2.45) is 0 Å². The van der Waals surface area contributed by atoms with Gasteiger partial charge in [0, 0.05) is 23.7 Å². The van der Waals surface area contributed by atoms with Crippen molar-refractivity contribution >= 4 is 28.2 Å². The van der Waals surface area contributed by atoms with E-state index in [1.807, 2.05) is 6.07 Å². The van der Waals surface area contributed by atoms with Gasteiger partial charge in [0.2, 0.25) is 5.13 Å².